The molecule has 4 aromatic rings. The first-order chi connectivity index (χ1) is 15.8. The smallest absolute Gasteiger partial charge is 0.335 e. The maximum absolute atomic E-state index is 11.1. The highest BCUT2D eigenvalue weighted by atomic mass is 35.5. The minimum Gasteiger partial charge on any atom is -0.487 e. The van der Waals surface area contributed by atoms with Gasteiger partial charge in [-0.1, -0.05) is 47.5 Å². The fraction of sp³-hybridized carbons (Fsp3) is 0.154. The highest BCUT2D eigenvalue weighted by Gasteiger charge is 2.18. The van der Waals surface area contributed by atoms with Crippen LogP contribution in [-0.4, -0.2) is 20.9 Å². The normalized spacial score (nSPS) is 10.9. The Kier molecular flexibility index (Phi) is 6.45. The molecule has 33 heavy (non-hydrogen) atoms. The second-order valence-corrected chi connectivity index (χ2v) is 8.60. The van der Waals surface area contributed by atoms with E-state index in [0.717, 1.165) is 33.6 Å². The van der Waals surface area contributed by atoms with Crippen LogP contribution < -0.4 is 4.74 Å². The van der Waals surface area contributed by atoms with Gasteiger partial charge in [-0.25, -0.2) is 9.48 Å². The Morgan fingerprint density at radius 3 is 2.27 bits per heavy atom. The molecule has 0 atom stereocenters. The van der Waals surface area contributed by atoms with Crippen LogP contribution in [0.1, 0.15) is 32.9 Å². The zero-order chi connectivity index (χ0) is 23.7. The molecule has 1 N–H and O–H groups in total. The lowest BCUT2D eigenvalue weighted by Crippen LogP contribution is -2.08. The molecule has 5 nitrogen and oxygen atoms in total. The summed E-state index contributed by atoms with van der Waals surface area (Å²) in [6, 6.07) is 18.0. The van der Waals surface area contributed by atoms with Crippen molar-refractivity contribution in [1.82, 2.24) is 9.78 Å². The number of aromatic nitrogens is 2. The van der Waals surface area contributed by atoms with Gasteiger partial charge in [0.2, 0.25) is 0 Å². The maximum atomic E-state index is 11.1. The van der Waals surface area contributed by atoms with E-state index in [1.807, 2.05) is 51.1 Å². The van der Waals surface area contributed by atoms with Gasteiger partial charge in [-0.05, 0) is 79.4 Å². The number of carboxylic acid groups (broad SMARTS) is 1. The number of ether oxygens (including phenoxy) is 1. The van der Waals surface area contributed by atoms with E-state index in [2.05, 4.69) is 5.10 Å². The van der Waals surface area contributed by atoms with Gasteiger partial charge in [0, 0.05) is 0 Å². The zero-order valence-corrected chi connectivity index (χ0v) is 19.9. The van der Waals surface area contributed by atoms with Gasteiger partial charge in [-0.3, -0.25) is 0 Å². The maximum Gasteiger partial charge on any atom is 0.335 e. The monoisotopic (exact) mass is 480 g/mol. The van der Waals surface area contributed by atoms with Crippen molar-refractivity contribution in [2.45, 2.75) is 27.4 Å². The molecule has 0 bridgehead atoms. The van der Waals surface area contributed by atoms with Crippen LogP contribution in [-0.2, 0) is 6.61 Å². The van der Waals surface area contributed by atoms with Crippen molar-refractivity contribution in [2.75, 3.05) is 0 Å². The quantitative estimate of drug-likeness (QED) is 0.321. The van der Waals surface area contributed by atoms with Gasteiger partial charge in [0.15, 0.2) is 0 Å². The predicted molar refractivity (Wildman–Crippen MR) is 131 cm³/mol. The van der Waals surface area contributed by atoms with E-state index < -0.39 is 5.97 Å². The molecule has 0 fully saturated rings. The third-order valence-corrected chi connectivity index (χ3v) is 6.26. The van der Waals surface area contributed by atoms with E-state index in [4.69, 9.17) is 33.0 Å². The van der Waals surface area contributed by atoms with Gasteiger partial charge in [0.25, 0.3) is 0 Å². The summed E-state index contributed by atoms with van der Waals surface area (Å²) in [7, 11) is 0. The van der Waals surface area contributed by atoms with Crippen molar-refractivity contribution in [3.63, 3.8) is 0 Å². The van der Waals surface area contributed by atoms with Crippen LogP contribution >= 0.6 is 23.2 Å². The van der Waals surface area contributed by atoms with Crippen molar-refractivity contribution < 1.29 is 14.6 Å². The molecule has 1 aromatic heterocycles. The molecular formula is C26H22Cl2N2O3. The molecule has 0 saturated carbocycles. The number of benzene rings is 3. The van der Waals surface area contributed by atoms with Crippen molar-refractivity contribution in [3.05, 3.63) is 98.8 Å². The lowest BCUT2D eigenvalue weighted by atomic mass is 9.99. The third-order valence-electron chi connectivity index (χ3n) is 5.65. The van der Waals surface area contributed by atoms with E-state index in [9.17, 15) is 4.79 Å². The Morgan fingerprint density at radius 1 is 1.00 bits per heavy atom. The summed E-state index contributed by atoms with van der Waals surface area (Å²) in [4.78, 5) is 11.1. The fourth-order valence-electron chi connectivity index (χ4n) is 3.69. The van der Waals surface area contributed by atoms with E-state index in [-0.39, 0.29) is 5.56 Å². The van der Waals surface area contributed by atoms with E-state index in [1.165, 1.54) is 0 Å². The predicted octanol–water partition coefficient (Wildman–Crippen LogP) is 7.05. The van der Waals surface area contributed by atoms with Crippen LogP contribution in [0.3, 0.4) is 0 Å². The Balaban J connectivity index is 1.59. The van der Waals surface area contributed by atoms with E-state index in [1.54, 1.807) is 35.0 Å². The Hall–Kier alpha value is -3.28. The Morgan fingerprint density at radius 2 is 1.67 bits per heavy atom. The summed E-state index contributed by atoms with van der Waals surface area (Å²) in [6.07, 6.45) is 0. The van der Waals surface area contributed by atoms with Crippen molar-refractivity contribution >= 4 is 29.2 Å². The van der Waals surface area contributed by atoms with Crippen LogP contribution in [0.15, 0.2) is 60.7 Å². The molecule has 1 heterocycles. The summed E-state index contributed by atoms with van der Waals surface area (Å²) in [5.74, 6) is -0.224. The number of aryl methyl sites for hydroxylation is 2. The number of halogens is 2. The van der Waals surface area contributed by atoms with Gasteiger partial charge >= 0.3 is 5.97 Å². The topological polar surface area (TPSA) is 64.4 Å². The molecule has 0 amide bonds. The summed E-state index contributed by atoms with van der Waals surface area (Å²) in [5, 5.41) is 14.8. The lowest BCUT2D eigenvalue weighted by molar-refractivity contribution is 0.0697. The van der Waals surface area contributed by atoms with Crippen LogP contribution in [0.2, 0.25) is 10.0 Å². The average Bonchev–Trinajstić information content (AvgIpc) is 3.05. The number of nitrogens with zero attached hydrogens (tertiary/aromatic N) is 2. The number of rotatable bonds is 6. The van der Waals surface area contributed by atoms with Gasteiger partial charge in [-0.15, -0.1) is 0 Å². The molecule has 4 rings (SSSR count). The highest BCUT2D eigenvalue weighted by Crippen LogP contribution is 2.32. The molecule has 3 aromatic carbocycles. The summed E-state index contributed by atoms with van der Waals surface area (Å²) < 4.78 is 7.88. The number of carboxylic acids is 1. The molecule has 168 valence electrons. The molecule has 0 aliphatic heterocycles. The van der Waals surface area contributed by atoms with Crippen LogP contribution in [0, 0.1) is 20.8 Å². The highest BCUT2D eigenvalue weighted by molar-refractivity contribution is 6.37. The van der Waals surface area contributed by atoms with E-state index in [0.29, 0.717) is 28.1 Å². The average molecular weight is 481 g/mol. The molecule has 7 heteroatoms. The number of carbonyl (C=O) groups is 1. The van der Waals surface area contributed by atoms with Crippen LogP contribution in [0.4, 0.5) is 0 Å². The largest absolute Gasteiger partial charge is 0.487 e. The van der Waals surface area contributed by atoms with E-state index >= 15 is 0 Å². The molecule has 0 aliphatic carbocycles. The Bertz CT molecular complexity index is 1320. The lowest BCUT2D eigenvalue weighted by Gasteiger charge is -2.14. The fourth-order valence-corrected chi connectivity index (χ4v) is 4.25. The standard InChI is InChI=1S/C26H22Cl2N2O3/c1-15-13-20(11-12-21(15)18-7-9-19(10-8-18)26(31)32)33-14-24-16(2)17(3)29-30(24)25-22(27)5-4-6-23(25)28/h4-13H,14H2,1-3H3,(H,31,32). The van der Waals surface area contributed by atoms with Gasteiger partial charge in [0.1, 0.15) is 18.0 Å². The third kappa shape index (κ3) is 4.61. The summed E-state index contributed by atoms with van der Waals surface area (Å²) in [6.45, 7) is 6.23. The summed E-state index contributed by atoms with van der Waals surface area (Å²) >= 11 is 12.8. The number of hydrogen-bond donors (Lipinski definition) is 1. The molecule has 0 spiro atoms. The first-order valence-corrected chi connectivity index (χ1v) is 11.1. The number of hydrogen-bond acceptors (Lipinski definition) is 3. The summed E-state index contributed by atoms with van der Waals surface area (Å²) in [5.41, 5.74) is 6.63. The minimum absolute atomic E-state index is 0.261. The first-order valence-electron chi connectivity index (χ1n) is 10.3. The number of para-hydroxylation sites is 1. The SMILES string of the molecule is Cc1cc(OCc2c(C)c(C)nn2-c2c(Cl)cccc2Cl)ccc1-c1ccc(C(=O)O)cc1. The molecule has 0 unspecified atom stereocenters. The second-order valence-electron chi connectivity index (χ2n) is 7.79. The van der Waals surface area contributed by atoms with Crippen LogP contribution in [0.25, 0.3) is 16.8 Å². The van der Waals surface area contributed by atoms with Gasteiger partial charge < -0.3 is 9.84 Å². The van der Waals surface area contributed by atoms with Crippen molar-refractivity contribution in [1.29, 1.82) is 0 Å². The first kappa shape index (κ1) is 22.9. The molecule has 0 saturated heterocycles. The minimum atomic E-state index is -0.940. The number of aromatic carboxylic acids is 1. The second kappa shape index (κ2) is 9.30. The van der Waals surface area contributed by atoms with Gasteiger partial charge in [-0.2, -0.15) is 5.10 Å². The molecule has 0 radical (unpaired) electrons. The van der Waals surface area contributed by atoms with Crippen LogP contribution in [0.5, 0.6) is 5.75 Å². The van der Waals surface area contributed by atoms with Crippen molar-refractivity contribution in [2.24, 2.45) is 0 Å². The van der Waals surface area contributed by atoms with Gasteiger partial charge in [0.05, 0.1) is 27.0 Å². The Labute approximate surface area is 202 Å². The zero-order valence-electron chi connectivity index (χ0n) is 18.4. The molecule has 0 aliphatic rings. The van der Waals surface area contributed by atoms with Crippen molar-refractivity contribution in [3.8, 4) is 22.6 Å². The molecular weight excluding hydrogens is 459 g/mol.